The highest BCUT2D eigenvalue weighted by molar-refractivity contribution is 7.89. The first-order chi connectivity index (χ1) is 13.3. The van der Waals surface area contributed by atoms with E-state index in [0.29, 0.717) is 35.5 Å². The van der Waals surface area contributed by atoms with Crippen molar-refractivity contribution in [1.82, 2.24) is 4.31 Å². The van der Waals surface area contributed by atoms with Gasteiger partial charge in [0.25, 0.3) is 5.91 Å². The molecule has 0 aromatic heterocycles. The third-order valence-corrected chi connectivity index (χ3v) is 6.83. The van der Waals surface area contributed by atoms with E-state index in [1.165, 1.54) is 16.4 Å². The number of anilines is 1. The van der Waals surface area contributed by atoms with Crippen molar-refractivity contribution >= 4 is 33.2 Å². The van der Waals surface area contributed by atoms with Crippen LogP contribution in [0.4, 0.5) is 5.69 Å². The SMILES string of the molecule is CC1CCN(S(=O)(=O)c2ccc(NC(=O)COc3cccc(Cl)c3)cc2)CC1. The summed E-state index contributed by atoms with van der Waals surface area (Å²) < 4.78 is 32.4. The monoisotopic (exact) mass is 422 g/mol. The largest absolute Gasteiger partial charge is 0.484 e. The van der Waals surface area contributed by atoms with E-state index in [0.717, 1.165) is 12.8 Å². The van der Waals surface area contributed by atoms with Gasteiger partial charge in [0.15, 0.2) is 6.61 Å². The molecule has 1 amide bonds. The zero-order chi connectivity index (χ0) is 20.1. The van der Waals surface area contributed by atoms with E-state index < -0.39 is 10.0 Å². The number of piperidine rings is 1. The zero-order valence-corrected chi connectivity index (χ0v) is 17.2. The lowest BCUT2D eigenvalue weighted by Crippen LogP contribution is -2.37. The van der Waals surface area contributed by atoms with Crippen molar-refractivity contribution in [3.05, 3.63) is 53.6 Å². The van der Waals surface area contributed by atoms with Crippen molar-refractivity contribution in [2.24, 2.45) is 5.92 Å². The number of carbonyl (C=O) groups is 1. The second-order valence-corrected chi connectivity index (χ2v) is 9.28. The molecule has 1 saturated heterocycles. The highest BCUT2D eigenvalue weighted by Gasteiger charge is 2.27. The van der Waals surface area contributed by atoms with E-state index in [4.69, 9.17) is 16.3 Å². The Bertz CT molecular complexity index is 923. The Labute approximate surface area is 170 Å². The third-order valence-electron chi connectivity index (χ3n) is 4.68. The maximum Gasteiger partial charge on any atom is 0.262 e. The van der Waals surface area contributed by atoms with E-state index >= 15 is 0 Å². The fourth-order valence-corrected chi connectivity index (χ4v) is 4.64. The molecule has 1 aliphatic heterocycles. The molecule has 3 rings (SSSR count). The van der Waals surface area contributed by atoms with Gasteiger partial charge in [0.1, 0.15) is 5.75 Å². The Kier molecular flexibility index (Phi) is 6.59. The lowest BCUT2D eigenvalue weighted by molar-refractivity contribution is -0.118. The number of nitrogens with one attached hydrogen (secondary N) is 1. The number of amides is 1. The van der Waals surface area contributed by atoms with Crippen molar-refractivity contribution in [1.29, 1.82) is 0 Å². The van der Waals surface area contributed by atoms with E-state index in [2.05, 4.69) is 12.2 Å². The van der Waals surface area contributed by atoms with Crippen molar-refractivity contribution in [3.63, 3.8) is 0 Å². The second-order valence-electron chi connectivity index (χ2n) is 6.91. The maximum absolute atomic E-state index is 12.7. The van der Waals surface area contributed by atoms with E-state index in [1.807, 2.05) is 0 Å². The predicted octanol–water partition coefficient (Wildman–Crippen LogP) is 3.78. The smallest absolute Gasteiger partial charge is 0.262 e. The average Bonchev–Trinajstić information content (AvgIpc) is 2.67. The Morgan fingerprint density at radius 2 is 1.86 bits per heavy atom. The molecule has 2 aromatic rings. The van der Waals surface area contributed by atoms with Crippen LogP contribution in [0.1, 0.15) is 19.8 Å². The molecule has 150 valence electrons. The van der Waals surface area contributed by atoms with Crippen LogP contribution in [0.2, 0.25) is 5.02 Å². The molecular weight excluding hydrogens is 400 g/mol. The van der Waals surface area contributed by atoms with E-state index in [-0.39, 0.29) is 17.4 Å². The molecule has 2 aromatic carbocycles. The van der Waals surface area contributed by atoms with Gasteiger partial charge in [0.2, 0.25) is 10.0 Å². The number of nitrogens with zero attached hydrogens (tertiary/aromatic N) is 1. The van der Waals surface area contributed by atoms with E-state index in [9.17, 15) is 13.2 Å². The first-order valence-corrected chi connectivity index (χ1v) is 10.9. The Morgan fingerprint density at radius 1 is 1.18 bits per heavy atom. The molecule has 6 nitrogen and oxygen atoms in total. The fourth-order valence-electron chi connectivity index (χ4n) is 2.99. The van der Waals surface area contributed by atoms with Crippen LogP contribution < -0.4 is 10.1 Å². The van der Waals surface area contributed by atoms with Crippen LogP contribution in [0.15, 0.2) is 53.4 Å². The Morgan fingerprint density at radius 3 is 2.50 bits per heavy atom. The summed E-state index contributed by atoms with van der Waals surface area (Å²) in [4.78, 5) is 12.3. The second kappa shape index (κ2) is 8.94. The zero-order valence-electron chi connectivity index (χ0n) is 15.6. The van der Waals surface area contributed by atoms with Crippen LogP contribution in [0.5, 0.6) is 5.75 Å². The Balaban J connectivity index is 1.57. The van der Waals surface area contributed by atoms with Crippen LogP contribution in [-0.4, -0.2) is 38.3 Å². The lowest BCUT2D eigenvalue weighted by atomic mass is 10.0. The van der Waals surface area contributed by atoms with Gasteiger partial charge in [-0.3, -0.25) is 4.79 Å². The van der Waals surface area contributed by atoms with Gasteiger partial charge in [-0.25, -0.2) is 8.42 Å². The van der Waals surface area contributed by atoms with Gasteiger partial charge in [-0.15, -0.1) is 0 Å². The van der Waals surface area contributed by atoms with Gasteiger partial charge in [0, 0.05) is 23.8 Å². The molecule has 0 radical (unpaired) electrons. The number of hydrogen-bond acceptors (Lipinski definition) is 4. The van der Waals surface area contributed by atoms with Crippen LogP contribution in [0, 0.1) is 5.92 Å². The standard InChI is InChI=1S/C20H23ClN2O4S/c1-15-9-11-23(12-10-15)28(25,26)19-7-5-17(6-8-19)22-20(24)14-27-18-4-2-3-16(21)13-18/h2-8,13,15H,9-12,14H2,1H3,(H,22,24). The number of halogens is 1. The molecule has 28 heavy (non-hydrogen) atoms. The fraction of sp³-hybridized carbons (Fsp3) is 0.350. The maximum atomic E-state index is 12.7. The molecule has 8 heteroatoms. The third kappa shape index (κ3) is 5.25. The first-order valence-electron chi connectivity index (χ1n) is 9.13. The normalized spacial score (nSPS) is 15.9. The first kappa shape index (κ1) is 20.6. The van der Waals surface area contributed by atoms with Crippen LogP contribution in [0.25, 0.3) is 0 Å². The van der Waals surface area contributed by atoms with Gasteiger partial charge in [-0.05, 0) is 61.2 Å². The molecule has 0 unspecified atom stereocenters. The van der Waals surface area contributed by atoms with Crippen LogP contribution >= 0.6 is 11.6 Å². The predicted molar refractivity (Wildman–Crippen MR) is 109 cm³/mol. The molecule has 0 aliphatic carbocycles. The van der Waals surface area contributed by atoms with Crippen LogP contribution in [-0.2, 0) is 14.8 Å². The Hall–Kier alpha value is -2.09. The molecule has 0 spiro atoms. The minimum absolute atomic E-state index is 0.174. The summed E-state index contributed by atoms with van der Waals surface area (Å²) in [6.45, 7) is 3.05. The van der Waals surface area contributed by atoms with Crippen molar-refractivity contribution in [2.45, 2.75) is 24.7 Å². The van der Waals surface area contributed by atoms with Gasteiger partial charge < -0.3 is 10.1 Å². The number of rotatable bonds is 6. The van der Waals surface area contributed by atoms with Gasteiger partial charge in [0.05, 0.1) is 4.90 Å². The molecule has 0 saturated carbocycles. The van der Waals surface area contributed by atoms with Crippen molar-refractivity contribution in [2.75, 3.05) is 25.0 Å². The molecular formula is C20H23ClN2O4S. The van der Waals surface area contributed by atoms with Gasteiger partial charge in [-0.2, -0.15) is 4.31 Å². The summed E-state index contributed by atoms with van der Waals surface area (Å²) in [5.74, 6) is 0.707. The van der Waals surface area contributed by atoms with Crippen molar-refractivity contribution in [3.8, 4) is 5.75 Å². The minimum Gasteiger partial charge on any atom is -0.484 e. The minimum atomic E-state index is -3.50. The molecule has 1 heterocycles. The summed E-state index contributed by atoms with van der Waals surface area (Å²) in [5, 5.41) is 3.21. The number of ether oxygens (including phenoxy) is 1. The summed E-state index contributed by atoms with van der Waals surface area (Å²) in [5.41, 5.74) is 0.505. The topological polar surface area (TPSA) is 75.7 Å². The molecule has 0 bridgehead atoms. The quantitative estimate of drug-likeness (QED) is 0.768. The van der Waals surface area contributed by atoms with Gasteiger partial charge in [-0.1, -0.05) is 24.6 Å². The summed E-state index contributed by atoms with van der Waals surface area (Å²) >= 11 is 5.87. The highest BCUT2D eigenvalue weighted by Crippen LogP contribution is 2.24. The molecule has 0 atom stereocenters. The van der Waals surface area contributed by atoms with E-state index in [1.54, 1.807) is 36.4 Å². The number of carbonyl (C=O) groups excluding carboxylic acids is 1. The molecule has 1 N–H and O–H groups in total. The highest BCUT2D eigenvalue weighted by atomic mass is 35.5. The van der Waals surface area contributed by atoms with Crippen molar-refractivity contribution < 1.29 is 17.9 Å². The summed E-state index contributed by atoms with van der Waals surface area (Å²) in [6.07, 6.45) is 1.75. The lowest BCUT2D eigenvalue weighted by Gasteiger charge is -2.29. The average molecular weight is 423 g/mol. The van der Waals surface area contributed by atoms with Gasteiger partial charge >= 0.3 is 0 Å². The molecule has 1 fully saturated rings. The number of sulfonamides is 1. The van der Waals surface area contributed by atoms with Crippen LogP contribution in [0.3, 0.4) is 0 Å². The molecule has 1 aliphatic rings. The summed E-state index contributed by atoms with van der Waals surface area (Å²) in [7, 11) is -3.50. The number of benzene rings is 2. The summed E-state index contributed by atoms with van der Waals surface area (Å²) in [6, 6.07) is 13.0. The number of hydrogen-bond donors (Lipinski definition) is 1.